The van der Waals surface area contributed by atoms with Gasteiger partial charge in [0.05, 0.1) is 11.3 Å². The summed E-state index contributed by atoms with van der Waals surface area (Å²) in [6.07, 6.45) is -1.34. The maximum atomic E-state index is 14.9. The van der Waals surface area contributed by atoms with Gasteiger partial charge in [0.15, 0.2) is 5.82 Å². The van der Waals surface area contributed by atoms with Crippen LogP contribution in [0, 0.1) is 5.82 Å². The number of carbonyl (C=O) groups excluding carboxylic acids is 1. The predicted molar refractivity (Wildman–Crippen MR) is 118 cm³/mol. The average Bonchev–Trinajstić information content (AvgIpc) is 2.77. The summed E-state index contributed by atoms with van der Waals surface area (Å²) in [4.78, 5) is 17.1. The second-order valence-electron chi connectivity index (χ2n) is 9.22. The molecule has 184 valence electrons. The van der Waals surface area contributed by atoms with Crippen LogP contribution in [0.5, 0.6) is 5.75 Å². The topological polar surface area (TPSA) is 83.9 Å². The highest BCUT2D eigenvalue weighted by Crippen LogP contribution is 2.37. The van der Waals surface area contributed by atoms with Crippen molar-refractivity contribution in [3.8, 4) is 5.75 Å². The number of nitrogens with zero attached hydrogens (tertiary/aromatic N) is 2. The Balaban J connectivity index is 1.48. The summed E-state index contributed by atoms with van der Waals surface area (Å²) in [6.45, 7) is 5.54. The van der Waals surface area contributed by atoms with Crippen LogP contribution in [-0.4, -0.2) is 40.9 Å². The molecule has 0 radical (unpaired) electrons. The van der Waals surface area contributed by atoms with Crippen LogP contribution in [-0.2, 0) is 16.9 Å². The fourth-order valence-corrected chi connectivity index (χ4v) is 4.73. The number of ether oxygens (including phenoxy) is 2. The third kappa shape index (κ3) is 4.83. The van der Waals surface area contributed by atoms with E-state index in [9.17, 15) is 23.1 Å². The van der Waals surface area contributed by atoms with Crippen molar-refractivity contribution in [1.29, 1.82) is 0 Å². The van der Waals surface area contributed by atoms with Gasteiger partial charge in [-0.1, -0.05) is 6.07 Å². The quantitative estimate of drug-likeness (QED) is 0.638. The Morgan fingerprint density at radius 2 is 2.09 bits per heavy atom. The number of carbonyl (C=O) groups is 1. The van der Waals surface area contributed by atoms with Crippen LogP contribution in [0.1, 0.15) is 56.9 Å². The van der Waals surface area contributed by atoms with E-state index >= 15 is 0 Å². The molecule has 1 saturated heterocycles. The molecule has 3 heterocycles. The van der Waals surface area contributed by atoms with Gasteiger partial charge in [-0.15, -0.1) is 0 Å². The fourth-order valence-electron chi connectivity index (χ4n) is 4.73. The smallest absolute Gasteiger partial charge is 0.414 e. The zero-order valence-electron chi connectivity index (χ0n) is 19.2. The van der Waals surface area contributed by atoms with Gasteiger partial charge in [-0.3, -0.25) is 9.88 Å². The lowest BCUT2D eigenvalue weighted by Gasteiger charge is -2.41. The molecule has 10 heteroatoms. The van der Waals surface area contributed by atoms with Crippen LogP contribution < -0.4 is 15.0 Å². The van der Waals surface area contributed by atoms with Crippen LogP contribution in [0.3, 0.4) is 0 Å². The first-order valence-corrected chi connectivity index (χ1v) is 11.2. The lowest BCUT2D eigenvalue weighted by molar-refractivity contribution is -0.0290. The van der Waals surface area contributed by atoms with Gasteiger partial charge in [0, 0.05) is 41.5 Å². The van der Waals surface area contributed by atoms with E-state index in [1.165, 1.54) is 29.3 Å². The molecule has 0 spiro atoms. The van der Waals surface area contributed by atoms with Gasteiger partial charge >= 0.3 is 6.09 Å². The summed E-state index contributed by atoms with van der Waals surface area (Å²) >= 11 is 0. The number of hydrogen-bond donors (Lipinski definition) is 2. The molecule has 3 atom stereocenters. The van der Waals surface area contributed by atoms with E-state index in [2.05, 4.69) is 10.3 Å². The number of cyclic esters (lactones) is 1. The van der Waals surface area contributed by atoms with E-state index in [1.807, 2.05) is 6.92 Å². The number of pyridine rings is 1. The number of amides is 1. The van der Waals surface area contributed by atoms with E-state index in [4.69, 9.17) is 9.47 Å². The van der Waals surface area contributed by atoms with Gasteiger partial charge in [0.1, 0.15) is 24.7 Å². The standard InChI is InChI=1S/C24H28F3N3O4/c1-13(2)30-21-15(11-34-23(30)31)6-18(7-19(21)25)33-12-17-9-24(32,8-14(3)29-17)16-4-5-20(22(26)27)28-10-16/h4-7,10,13-14,17,22,29,32H,8-9,11-12H2,1-3H3. The third-order valence-electron chi connectivity index (χ3n) is 6.17. The molecule has 34 heavy (non-hydrogen) atoms. The Morgan fingerprint density at radius 1 is 1.32 bits per heavy atom. The lowest BCUT2D eigenvalue weighted by Crippen LogP contribution is -2.53. The summed E-state index contributed by atoms with van der Waals surface area (Å²) in [5, 5.41) is 14.6. The molecule has 1 aromatic carbocycles. The highest BCUT2D eigenvalue weighted by molar-refractivity contribution is 5.91. The van der Waals surface area contributed by atoms with Crippen molar-refractivity contribution in [3.63, 3.8) is 0 Å². The van der Waals surface area contributed by atoms with E-state index in [0.717, 1.165) is 0 Å². The van der Waals surface area contributed by atoms with Crippen molar-refractivity contribution in [2.75, 3.05) is 11.5 Å². The maximum Gasteiger partial charge on any atom is 0.414 e. The maximum absolute atomic E-state index is 14.9. The van der Waals surface area contributed by atoms with E-state index in [-0.39, 0.29) is 54.9 Å². The highest BCUT2D eigenvalue weighted by Gasteiger charge is 2.39. The highest BCUT2D eigenvalue weighted by atomic mass is 19.3. The number of nitrogens with one attached hydrogen (secondary N) is 1. The zero-order chi connectivity index (χ0) is 24.6. The van der Waals surface area contributed by atoms with E-state index in [0.29, 0.717) is 17.5 Å². The summed E-state index contributed by atoms with van der Waals surface area (Å²) < 4.78 is 51.6. The number of alkyl halides is 2. The summed E-state index contributed by atoms with van der Waals surface area (Å²) in [5.41, 5.74) is -0.442. The molecule has 3 unspecified atom stereocenters. The van der Waals surface area contributed by atoms with Crippen molar-refractivity contribution < 1.29 is 32.5 Å². The second-order valence-corrected chi connectivity index (χ2v) is 9.22. The van der Waals surface area contributed by atoms with Gasteiger partial charge in [-0.2, -0.15) is 0 Å². The Bertz CT molecular complexity index is 1050. The molecule has 2 aromatic rings. The molecule has 1 fully saturated rings. The minimum atomic E-state index is -2.68. The molecule has 0 bridgehead atoms. The number of anilines is 1. The van der Waals surface area contributed by atoms with Crippen molar-refractivity contribution >= 4 is 11.8 Å². The Hall–Kier alpha value is -2.85. The fraction of sp³-hybridized carbons (Fsp3) is 0.500. The zero-order valence-corrected chi connectivity index (χ0v) is 19.2. The first-order chi connectivity index (χ1) is 16.1. The van der Waals surface area contributed by atoms with Crippen molar-refractivity contribution in [2.45, 2.75) is 70.4 Å². The molecular weight excluding hydrogens is 451 g/mol. The van der Waals surface area contributed by atoms with Gasteiger partial charge < -0.3 is 19.9 Å². The molecule has 0 aliphatic carbocycles. The monoisotopic (exact) mass is 479 g/mol. The minimum Gasteiger partial charge on any atom is -0.492 e. The first kappa shape index (κ1) is 24.3. The molecule has 2 N–H and O–H groups in total. The molecule has 2 aliphatic rings. The van der Waals surface area contributed by atoms with Gasteiger partial charge in [-0.05, 0) is 45.7 Å². The van der Waals surface area contributed by atoms with Gasteiger partial charge in [0.2, 0.25) is 0 Å². The Morgan fingerprint density at radius 3 is 2.74 bits per heavy atom. The van der Waals surface area contributed by atoms with Crippen molar-refractivity contribution in [3.05, 3.63) is 53.1 Å². The first-order valence-electron chi connectivity index (χ1n) is 11.2. The number of benzene rings is 1. The summed E-state index contributed by atoms with van der Waals surface area (Å²) in [5.74, 6) is -0.297. The second kappa shape index (κ2) is 9.42. The molecule has 4 rings (SSSR count). The molecular formula is C24H28F3N3O4. The number of rotatable bonds is 6. The third-order valence-corrected chi connectivity index (χ3v) is 6.17. The number of aliphatic hydroxyl groups is 1. The Kier molecular flexibility index (Phi) is 6.73. The van der Waals surface area contributed by atoms with Gasteiger partial charge in [0.25, 0.3) is 6.43 Å². The number of aromatic nitrogens is 1. The molecule has 7 nitrogen and oxygen atoms in total. The van der Waals surface area contributed by atoms with E-state index in [1.54, 1.807) is 19.9 Å². The van der Waals surface area contributed by atoms with Gasteiger partial charge in [-0.25, -0.2) is 18.0 Å². The lowest BCUT2D eigenvalue weighted by atomic mass is 9.79. The van der Waals surface area contributed by atoms with Crippen LogP contribution in [0.2, 0.25) is 0 Å². The number of piperidine rings is 1. The van der Waals surface area contributed by atoms with Crippen molar-refractivity contribution in [2.24, 2.45) is 0 Å². The minimum absolute atomic E-state index is 0.0500. The number of halogens is 3. The van der Waals surface area contributed by atoms with Crippen LogP contribution in [0.4, 0.5) is 23.7 Å². The SMILES string of the molecule is CC1CC(O)(c2ccc(C(F)F)nc2)CC(COc2cc(F)c3c(c2)COC(=O)N3C(C)C)N1. The predicted octanol–water partition coefficient (Wildman–Crippen LogP) is 4.43. The van der Waals surface area contributed by atoms with Crippen molar-refractivity contribution in [1.82, 2.24) is 10.3 Å². The molecule has 1 amide bonds. The molecule has 1 aromatic heterocycles. The largest absolute Gasteiger partial charge is 0.492 e. The Labute approximate surface area is 195 Å². The average molecular weight is 479 g/mol. The number of hydrogen-bond acceptors (Lipinski definition) is 6. The summed E-state index contributed by atoms with van der Waals surface area (Å²) in [6, 6.07) is 4.94. The summed E-state index contributed by atoms with van der Waals surface area (Å²) in [7, 11) is 0. The molecule has 2 aliphatic heterocycles. The van der Waals surface area contributed by atoms with Crippen LogP contribution >= 0.6 is 0 Å². The van der Waals surface area contributed by atoms with Crippen LogP contribution in [0.25, 0.3) is 0 Å². The number of fused-ring (bicyclic) bond motifs is 1. The van der Waals surface area contributed by atoms with Crippen LogP contribution in [0.15, 0.2) is 30.5 Å². The van der Waals surface area contributed by atoms with E-state index < -0.39 is 23.9 Å². The molecule has 0 saturated carbocycles. The normalized spacial score (nSPS) is 24.9.